The van der Waals surface area contributed by atoms with Crippen LogP contribution < -0.4 is 10.6 Å². The molecular formula is C24H31N5O3. The first kappa shape index (κ1) is 22.0. The molecule has 0 bridgehead atoms. The molecule has 2 N–H and O–H groups in total. The Morgan fingerprint density at radius 1 is 1.19 bits per heavy atom. The number of hydrogen-bond acceptors (Lipinski definition) is 4. The highest BCUT2D eigenvalue weighted by Crippen LogP contribution is 2.30. The number of imidazole rings is 1. The second-order valence-corrected chi connectivity index (χ2v) is 8.92. The number of nitrogens with one attached hydrogen (secondary N) is 2. The van der Waals surface area contributed by atoms with Gasteiger partial charge in [0.05, 0.1) is 12.9 Å². The molecule has 1 saturated carbocycles. The normalized spacial score (nSPS) is 20.8. The predicted molar refractivity (Wildman–Crippen MR) is 120 cm³/mol. The zero-order valence-electron chi connectivity index (χ0n) is 18.8. The van der Waals surface area contributed by atoms with Crippen molar-refractivity contribution in [2.75, 3.05) is 6.54 Å². The second-order valence-electron chi connectivity index (χ2n) is 8.92. The quantitative estimate of drug-likeness (QED) is 0.696. The van der Waals surface area contributed by atoms with Crippen LogP contribution in [-0.2, 0) is 17.9 Å². The maximum absolute atomic E-state index is 13.5. The zero-order chi connectivity index (χ0) is 22.7. The number of aromatic nitrogens is 2. The Morgan fingerprint density at radius 2 is 1.91 bits per heavy atom. The summed E-state index contributed by atoms with van der Waals surface area (Å²) >= 11 is 0. The number of nitrogens with zero attached hydrogens (tertiary/aromatic N) is 3. The van der Waals surface area contributed by atoms with Crippen LogP contribution in [0.4, 0.5) is 0 Å². The Bertz CT molecular complexity index is 996. The molecule has 1 fully saturated rings. The summed E-state index contributed by atoms with van der Waals surface area (Å²) in [7, 11) is 0. The second kappa shape index (κ2) is 9.14. The number of benzene rings is 1. The molecule has 8 heteroatoms. The van der Waals surface area contributed by atoms with E-state index in [1.165, 1.54) is 6.33 Å². The molecule has 2 aromatic rings. The van der Waals surface area contributed by atoms with Crippen LogP contribution in [0.2, 0.25) is 0 Å². The van der Waals surface area contributed by atoms with Crippen LogP contribution in [-0.4, -0.2) is 50.3 Å². The third-order valence-corrected chi connectivity index (χ3v) is 6.50. The maximum atomic E-state index is 13.5. The fourth-order valence-electron chi connectivity index (χ4n) is 4.70. The van der Waals surface area contributed by atoms with Gasteiger partial charge in [-0.25, -0.2) is 4.98 Å². The average molecular weight is 438 g/mol. The molecule has 1 atom stereocenters. The van der Waals surface area contributed by atoms with Gasteiger partial charge in [0.1, 0.15) is 11.2 Å². The van der Waals surface area contributed by atoms with E-state index in [0.29, 0.717) is 19.5 Å². The zero-order valence-corrected chi connectivity index (χ0v) is 18.8. The lowest BCUT2D eigenvalue weighted by molar-refractivity contribution is -0.133. The molecule has 1 unspecified atom stereocenters. The van der Waals surface area contributed by atoms with E-state index in [4.69, 9.17) is 0 Å². The van der Waals surface area contributed by atoms with Crippen molar-refractivity contribution < 1.29 is 14.4 Å². The van der Waals surface area contributed by atoms with Crippen molar-refractivity contribution in [1.82, 2.24) is 25.1 Å². The third kappa shape index (κ3) is 4.13. The molecule has 170 valence electrons. The molecule has 4 rings (SSSR count). The van der Waals surface area contributed by atoms with Crippen molar-refractivity contribution in [3.05, 3.63) is 53.6 Å². The van der Waals surface area contributed by atoms with Crippen molar-refractivity contribution >= 4 is 17.7 Å². The molecule has 0 saturated heterocycles. The lowest BCUT2D eigenvalue weighted by Gasteiger charge is -2.44. The first-order valence-electron chi connectivity index (χ1n) is 11.4. The molecule has 2 heterocycles. The minimum Gasteiger partial charge on any atom is -0.351 e. The molecule has 1 aliphatic heterocycles. The highest BCUT2D eigenvalue weighted by atomic mass is 16.2. The van der Waals surface area contributed by atoms with Crippen molar-refractivity contribution in [1.29, 1.82) is 0 Å². The molecule has 32 heavy (non-hydrogen) atoms. The minimum atomic E-state index is -1.03. The molecule has 8 nitrogen and oxygen atoms in total. The van der Waals surface area contributed by atoms with Crippen LogP contribution in [0, 0.1) is 0 Å². The summed E-state index contributed by atoms with van der Waals surface area (Å²) in [6.07, 6.45) is 6.40. The predicted octanol–water partition coefficient (Wildman–Crippen LogP) is 2.50. The van der Waals surface area contributed by atoms with Crippen LogP contribution in [0.25, 0.3) is 0 Å². The Hall–Kier alpha value is -3.16. The number of amides is 3. The topological polar surface area (TPSA) is 96.3 Å². The summed E-state index contributed by atoms with van der Waals surface area (Å²) in [6.45, 7) is 4.83. The van der Waals surface area contributed by atoms with Crippen molar-refractivity contribution in [2.24, 2.45) is 0 Å². The van der Waals surface area contributed by atoms with E-state index in [-0.39, 0.29) is 35.8 Å². The van der Waals surface area contributed by atoms with Gasteiger partial charge < -0.3 is 20.1 Å². The van der Waals surface area contributed by atoms with E-state index in [1.807, 2.05) is 44.2 Å². The fraction of sp³-hybridized carbons (Fsp3) is 0.500. The van der Waals surface area contributed by atoms with Gasteiger partial charge in [-0.3, -0.25) is 14.4 Å². The van der Waals surface area contributed by atoms with Gasteiger partial charge in [0.15, 0.2) is 5.69 Å². The molecular weight excluding hydrogens is 406 g/mol. The Morgan fingerprint density at radius 3 is 2.59 bits per heavy atom. The number of hydrogen-bond donors (Lipinski definition) is 2. The largest absolute Gasteiger partial charge is 0.351 e. The average Bonchev–Trinajstić information content (AvgIpc) is 3.45. The monoisotopic (exact) mass is 437 g/mol. The van der Waals surface area contributed by atoms with Crippen molar-refractivity contribution in [3.63, 3.8) is 0 Å². The highest BCUT2D eigenvalue weighted by Gasteiger charge is 2.48. The Kier molecular flexibility index (Phi) is 6.30. The van der Waals surface area contributed by atoms with Gasteiger partial charge in [0, 0.05) is 19.1 Å². The number of rotatable bonds is 7. The SMILES string of the molecule is CCCN1C(=O)c2c(C(=O)NCc3ccccc3)ncn2CC1(C)C(=O)NC1CCCC1. The van der Waals surface area contributed by atoms with Gasteiger partial charge in [-0.05, 0) is 31.7 Å². The first-order valence-corrected chi connectivity index (χ1v) is 11.4. The van der Waals surface area contributed by atoms with E-state index in [1.54, 1.807) is 9.47 Å². The summed E-state index contributed by atoms with van der Waals surface area (Å²) in [5.41, 5.74) is 0.283. The van der Waals surface area contributed by atoms with Crippen LogP contribution >= 0.6 is 0 Å². The minimum absolute atomic E-state index is 0.102. The van der Waals surface area contributed by atoms with Crippen LogP contribution in [0.5, 0.6) is 0 Å². The number of carbonyl (C=O) groups is 3. The van der Waals surface area contributed by atoms with E-state index < -0.39 is 11.4 Å². The lowest BCUT2D eigenvalue weighted by Crippen LogP contribution is -2.65. The maximum Gasteiger partial charge on any atom is 0.273 e. The van der Waals surface area contributed by atoms with E-state index >= 15 is 0 Å². The summed E-state index contributed by atoms with van der Waals surface area (Å²) in [4.78, 5) is 45.5. The Balaban J connectivity index is 1.57. The molecule has 0 radical (unpaired) electrons. The van der Waals surface area contributed by atoms with Crippen molar-refractivity contribution in [3.8, 4) is 0 Å². The molecule has 3 amide bonds. The molecule has 2 aliphatic rings. The Labute approximate surface area is 188 Å². The molecule has 1 aromatic carbocycles. The van der Waals surface area contributed by atoms with Gasteiger partial charge in [0.2, 0.25) is 5.91 Å². The lowest BCUT2D eigenvalue weighted by atomic mass is 9.93. The van der Waals surface area contributed by atoms with E-state index in [0.717, 1.165) is 31.2 Å². The summed E-state index contributed by atoms with van der Waals surface area (Å²) in [5, 5.41) is 6.00. The summed E-state index contributed by atoms with van der Waals surface area (Å²) < 4.78 is 1.65. The fourth-order valence-corrected chi connectivity index (χ4v) is 4.70. The smallest absolute Gasteiger partial charge is 0.273 e. The molecule has 0 spiro atoms. The standard InChI is InChI=1S/C24H31N5O3/c1-3-13-29-22(31)20-19(21(30)25-14-17-9-5-4-6-10-17)26-16-28(20)15-24(29,2)23(32)27-18-11-7-8-12-18/h4-6,9-10,16,18H,3,7-8,11-15H2,1-2H3,(H,25,30)(H,27,32). The van der Waals surface area contributed by atoms with Crippen LogP contribution in [0.15, 0.2) is 36.7 Å². The summed E-state index contributed by atoms with van der Waals surface area (Å²) in [5.74, 6) is -0.864. The van der Waals surface area contributed by atoms with Crippen LogP contribution in [0.3, 0.4) is 0 Å². The molecule has 1 aliphatic carbocycles. The van der Waals surface area contributed by atoms with Crippen molar-refractivity contribution in [2.45, 2.75) is 70.6 Å². The number of carbonyl (C=O) groups excluding carboxylic acids is 3. The van der Waals surface area contributed by atoms with Gasteiger partial charge in [0.25, 0.3) is 11.8 Å². The third-order valence-electron chi connectivity index (χ3n) is 6.50. The van der Waals surface area contributed by atoms with Gasteiger partial charge in [-0.2, -0.15) is 0 Å². The first-order chi connectivity index (χ1) is 15.4. The number of fused-ring (bicyclic) bond motifs is 1. The van der Waals surface area contributed by atoms with Gasteiger partial charge in [-0.1, -0.05) is 50.1 Å². The van der Waals surface area contributed by atoms with Gasteiger partial charge >= 0.3 is 0 Å². The molecule has 1 aromatic heterocycles. The highest BCUT2D eigenvalue weighted by molar-refractivity contribution is 6.07. The van der Waals surface area contributed by atoms with E-state index in [9.17, 15) is 14.4 Å². The van der Waals surface area contributed by atoms with Crippen LogP contribution in [0.1, 0.15) is 72.5 Å². The van der Waals surface area contributed by atoms with Gasteiger partial charge in [-0.15, -0.1) is 0 Å². The van der Waals surface area contributed by atoms with E-state index in [2.05, 4.69) is 15.6 Å². The summed E-state index contributed by atoms with van der Waals surface area (Å²) in [6, 6.07) is 9.74.